The van der Waals surface area contributed by atoms with Crippen LogP contribution in [0.4, 0.5) is 0 Å². The maximum Gasteiger partial charge on any atom is 0.224 e. The number of nitrogens with zero attached hydrogens (tertiary/aromatic N) is 3. The fourth-order valence-electron chi connectivity index (χ4n) is 3.40. The Balaban J connectivity index is 1.92. The Morgan fingerprint density at radius 2 is 1.88 bits per heavy atom. The molecule has 6 nitrogen and oxygen atoms in total. The summed E-state index contributed by atoms with van der Waals surface area (Å²) in [5, 5.41) is 7.48. The van der Waals surface area contributed by atoms with Crippen molar-refractivity contribution in [2.24, 2.45) is 7.05 Å². The van der Waals surface area contributed by atoms with E-state index in [2.05, 4.69) is 43.0 Å². The Hall–Kier alpha value is -1.40. The van der Waals surface area contributed by atoms with Crippen LogP contribution in [0.5, 0.6) is 0 Å². The maximum atomic E-state index is 12.4. The molecule has 0 aliphatic carbocycles. The van der Waals surface area contributed by atoms with E-state index in [1.54, 1.807) is 0 Å². The largest absolute Gasteiger partial charge is 0.373 e. The summed E-state index contributed by atoms with van der Waals surface area (Å²) in [7, 11) is 1.91. The van der Waals surface area contributed by atoms with E-state index in [9.17, 15) is 4.79 Å². The van der Waals surface area contributed by atoms with Crippen molar-refractivity contribution in [1.29, 1.82) is 0 Å². The number of rotatable bonds is 5. The summed E-state index contributed by atoms with van der Waals surface area (Å²) < 4.78 is 7.64. The molecule has 136 valence electrons. The molecule has 2 rings (SSSR count). The molecule has 1 amide bonds. The Kier molecular flexibility index (Phi) is 5.71. The SMILES string of the molecule is Cc1nn(C)c(C)c1CC(=O)NCC(C)(C)N1C[C@@H](C)O[C@H](C)C1. The van der Waals surface area contributed by atoms with Crippen molar-refractivity contribution in [3.8, 4) is 0 Å². The van der Waals surface area contributed by atoms with Gasteiger partial charge in [0.25, 0.3) is 0 Å². The number of nitrogens with one attached hydrogen (secondary N) is 1. The van der Waals surface area contributed by atoms with Crippen LogP contribution < -0.4 is 5.32 Å². The number of hydrogen-bond acceptors (Lipinski definition) is 4. The minimum atomic E-state index is -0.0962. The molecule has 1 N–H and O–H groups in total. The van der Waals surface area contributed by atoms with Gasteiger partial charge in [0.15, 0.2) is 0 Å². The summed E-state index contributed by atoms with van der Waals surface area (Å²) in [6.45, 7) is 14.9. The van der Waals surface area contributed by atoms with Gasteiger partial charge in [0.05, 0.1) is 24.3 Å². The Morgan fingerprint density at radius 3 is 2.38 bits per heavy atom. The molecule has 0 spiro atoms. The van der Waals surface area contributed by atoms with Crippen LogP contribution in [0.1, 0.15) is 44.6 Å². The normalized spacial score (nSPS) is 22.6. The first-order chi connectivity index (χ1) is 11.1. The molecule has 1 saturated heterocycles. The van der Waals surface area contributed by atoms with E-state index in [4.69, 9.17) is 4.74 Å². The molecule has 2 atom stereocenters. The number of amides is 1. The van der Waals surface area contributed by atoms with Crippen LogP contribution in [0.3, 0.4) is 0 Å². The number of carbonyl (C=O) groups is 1. The van der Waals surface area contributed by atoms with E-state index in [-0.39, 0.29) is 23.7 Å². The second kappa shape index (κ2) is 7.23. The monoisotopic (exact) mass is 336 g/mol. The van der Waals surface area contributed by atoms with E-state index >= 15 is 0 Å². The lowest BCUT2D eigenvalue weighted by molar-refractivity contribution is -0.122. The molecule has 1 fully saturated rings. The standard InChI is InChI=1S/C18H32N4O2/c1-12-9-22(10-13(2)24-12)18(5,6)11-19-17(23)8-16-14(3)20-21(7)15(16)4/h12-13H,8-11H2,1-7H3,(H,19,23)/t12-,13-/m1/s1. The highest BCUT2D eigenvalue weighted by molar-refractivity contribution is 5.79. The number of aryl methyl sites for hydroxylation is 2. The molecule has 0 radical (unpaired) electrons. The first-order valence-electron chi connectivity index (χ1n) is 8.76. The van der Waals surface area contributed by atoms with Gasteiger partial charge in [0.2, 0.25) is 5.91 Å². The van der Waals surface area contributed by atoms with Gasteiger partial charge in [-0.25, -0.2) is 0 Å². The number of aromatic nitrogens is 2. The maximum absolute atomic E-state index is 12.4. The van der Waals surface area contributed by atoms with Gasteiger partial charge in [-0.3, -0.25) is 14.4 Å². The second-order valence-corrected chi connectivity index (χ2v) is 7.70. The number of hydrogen-bond donors (Lipinski definition) is 1. The molecule has 0 bridgehead atoms. The van der Waals surface area contributed by atoms with Crippen LogP contribution in [0.2, 0.25) is 0 Å². The average molecular weight is 336 g/mol. The third kappa shape index (κ3) is 4.36. The van der Waals surface area contributed by atoms with Crippen LogP contribution >= 0.6 is 0 Å². The minimum Gasteiger partial charge on any atom is -0.373 e. The van der Waals surface area contributed by atoms with Gasteiger partial charge in [0.1, 0.15) is 0 Å². The zero-order valence-electron chi connectivity index (χ0n) is 16.1. The molecule has 1 aromatic rings. The quantitative estimate of drug-likeness (QED) is 0.887. The molecular weight excluding hydrogens is 304 g/mol. The van der Waals surface area contributed by atoms with Gasteiger partial charge < -0.3 is 10.1 Å². The molecule has 1 aliphatic rings. The molecule has 1 aliphatic heterocycles. The molecule has 6 heteroatoms. The zero-order chi connectivity index (χ0) is 18.1. The highest BCUT2D eigenvalue weighted by atomic mass is 16.5. The predicted octanol–water partition coefficient (Wildman–Crippen LogP) is 1.58. The molecular formula is C18H32N4O2. The van der Waals surface area contributed by atoms with Crippen LogP contribution in [0.25, 0.3) is 0 Å². The summed E-state index contributed by atoms with van der Waals surface area (Å²) in [6, 6.07) is 0. The highest BCUT2D eigenvalue weighted by Crippen LogP contribution is 2.21. The fourth-order valence-corrected chi connectivity index (χ4v) is 3.40. The van der Waals surface area contributed by atoms with Gasteiger partial charge >= 0.3 is 0 Å². The van der Waals surface area contributed by atoms with E-state index in [0.29, 0.717) is 13.0 Å². The Morgan fingerprint density at radius 1 is 1.29 bits per heavy atom. The van der Waals surface area contributed by atoms with Gasteiger partial charge in [-0.15, -0.1) is 0 Å². The summed E-state index contributed by atoms with van der Waals surface area (Å²) in [5.74, 6) is 0.0524. The smallest absolute Gasteiger partial charge is 0.224 e. The lowest BCUT2D eigenvalue weighted by Gasteiger charge is -2.45. The topological polar surface area (TPSA) is 59.4 Å². The van der Waals surface area contributed by atoms with Crippen LogP contribution in [0.15, 0.2) is 0 Å². The molecule has 0 aromatic carbocycles. The van der Waals surface area contributed by atoms with Crippen LogP contribution in [0, 0.1) is 13.8 Å². The van der Waals surface area contributed by atoms with Gasteiger partial charge in [-0.05, 0) is 41.5 Å². The first-order valence-corrected chi connectivity index (χ1v) is 8.76. The Bertz CT molecular complexity index is 584. The lowest BCUT2D eigenvalue weighted by atomic mass is 9.99. The molecule has 0 unspecified atom stereocenters. The molecule has 2 heterocycles. The zero-order valence-corrected chi connectivity index (χ0v) is 16.1. The van der Waals surface area contributed by atoms with Gasteiger partial charge in [0, 0.05) is 43.5 Å². The van der Waals surface area contributed by atoms with E-state index < -0.39 is 0 Å². The summed E-state index contributed by atoms with van der Waals surface area (Å²) >= 11 is 0. The summed E-state index contributed by atoms with van der Waals surface area (Å²) in [6.07, 6.45) is 0.839. The van der Waals surface area contributed by atoms with Crippen molar-refractivity contribution in [3.63, 3.8) is 0 Å². The third-order valence-corrected chi connectivity index (χ3v) is 4.99. The number of morpholine rings is 1. The average Bonchev–Trinajstić information content (AvgIpc) is 2.71. The predicted molar refractivity (Wildman–Crippen MR) is 95.1 cm³/mol. The van der Waals surface area contributed by atoms with Crippen molar-refractivity contribution in [2.45, 2.75) is 65.7 Å². The minimum absolute atomic E-state index is 0.0524. The van der Waals surface area contributed by atoms with Crippen molar-refractivity contribution in [2.75, 3.05) is 19.6 Å². The number of carbonyl (C=O) groups excluding carboxylic acids is 1. The van der Waals surface area contributed by atoms with E-state index in [1.165, 1.54) is 0 Å². The summed E-state index contributed by atoms with van der Waals surface area (Å²) in [5.41, 5.74) is 2.92. The van der Waals surface area contributed by atoms with Crippen LogP contribution in [-0.2, 0) is 23.0 Å². The number of ether oxygens (including phenoxy) is 1. The fraction of sp³-hybridized carbons (Fsp3) is 0.778. The van der Waals surface area contributed by atoms with E-state index in [1.807, 2.05) is 25.6 Å². The lowest BCUT2D eigenvalue weighted by Crippen LogP contribution is -2.58. The molecule has 0 saturated carbocycles. The summed E-state index contributed by atoms with van der Waals surface area (Å²) in [4.78, 5) is 14.8. The van der Waals surface area contributed by atoms with Crippen molar-refractivity contribution in [1.82, 2.24) is 20.0 Å². The third-order valence-electron chi connectivity index (χ3n) is 4.99. The highest BCUT2D eigenvalue weighted by Gasteiger charge is 2.33. The Labute approximate surface area is 145 Å². The van der Waals surface area contributed by atoms with Crippen LogP contribution in [-0.4, -0.2) is 58.0 Å². The van der Waals surface area contributed by atoms with Gasteiger partial charge in [-0.2, -0.15) is 5.10 Å². The first kappa shape index (κ1) is 18.9. The molecule has 24 heavy (non-hydrogen) atoms. The molecule has 1 aromatic heterocycles. The van der Waals surface area contributed by atoms with Crippen molar-refractivity contribution < 1.29 is 9.53 Å². The van der Waals surface area contributed by atoms with Crippen molar-refractivity contribution in [3.05, 3.63) is 17.0 Å². The van der Waals surface area contributed by atoms with Gasteiger partial charge in [-0.1, -0.05) is 0 Å². The van der Waals surface area contributed by atoms with Crippen molar-refractivity contribution >= 4 is 5.91 Å². The second-order valence-electron chi connectivity index (χ2n) is 7.70. The van der Waals surface area contributed by atoms with E-state index in [0.717, 1.165) is 30.0 Å².